The molecular formula is C16H32N2. The van der Waals surface area contributed by atoms with Crippen LogP contribution in [0.3, 0.4) is 0 Å². The summed E-state index contributed by atoms with van der Waals surface area (Å²) in [5.74, 6) is 1.94. The molecule has 2 aliphatic rings. The Morgan fingerprint density at radius 1 is 1.11 bits per heavy atom. The summed E-state index contributed by atoms with van der Waals surface area (Å²) in [5.41, 5.74) is 0. The fourth-order valence-corrected chi connectivity index (χ4v) is 3.57. The van der Waals surface area contributed by atoms with Crippen LogP contribution in [0.15, 0.2) is 0 Å². The highest BCUT2D eigenvalue weighted by Crippen LogP contribution is 2.34. The Morgan fingerprint density at radius 3 is 2.50 bits per heavy atom. The third-order valence-corrected chi connectivity index (χ3v) is 4.71. The van der Waals surface area contributed by atoms with E-state index in [0.29, 0.717) is 0 Å². The molecular weight excluding hydrogens is 220 g/mol. The first-order chi connectivity index (χ1) is 8.74. The summed E-state index contributed by atoms with van der Waals surface area (Å²) in [6, 6.07) is 1.55. The molecule has 3 atom stereocenters. The van der Waals surface area contributed by atoms with E-state index in [-0.39, 0.29) is 0 Å². The molecule has 0 radical (unpaired) electrons. The van der Waals surface area contributed by atoms with E-state index in [2.05, 4.69) is 31.0 Å². The summed E-state index contributed by atoms with van der Waals surface area (Å²) >= 11 is 0. The van der Waals surface area contributed by atoms with Crippen LogP contribution >= 0.6 is 0 Å². The van der Waals surface area contributed by atoms with Gasteiger partial charge in [0.05, 0.1) is 0 Å². The van der Waals surface area contributed by atoms with Gasteiger partial charge in [-0.05, 0) is 63.5 Å². The second-order valence-corrected chi connectivity index (χ2v) is 6.59. The molecule has 0 spiro atoms. The van der Waals surface area contributed by atoms with Gasteiger partial charge in [-0.2, -0.15) is 0 Å². The van der Waals surface area contributed by atoms with Crippen molar-refractivity contribution in [3.63, 3.8) is 0 Å². The molecule has 0 saturated heterocycles. The smallest absolute Gasteiger partial charge is 0.0251 e. The lowest BCUT2D eigenvalue weighted by Crippen LogP contribution is -2.53. The Morgan fingerprint density at radius 2 is 1.89 bits per heavy atom. The second kappa shape index (κ2) is 6.91. The first-order valence-electron chi connectivity index (χ1n) is 8.22. The predicted molar refractivity (Wildman–Crippen MR) is 78.9 cm³/mol. The van der Waals surface area contributed by atoms with E-state index >= 15 is 0 Å². The number of likely N-dealkylation sites (N-methyl/N-ethyl adjacent to an activating group) is 1. The molecule has 2 rings (SSSR count). The average Bonchev–Trinajstić information content (AvgIpc) is 3.15. The maximum absolute atomic E-state index is 3.75. The fraction of sp³-hybridized carbons (Fsp3) is 1.00. The predicted octanol–water partition coefficient (Wildman–Crippen LogP) is 3.28. The van der Waals surface area contributed by atoms with Crippen molar-refractivity contribution >= 4 is 0 Å². The SMILES string of the molecule is CCCN(CC1CC1)C1CC(C)CCC1NCC. The van der Waals surface area contributed by atoms with Crippen LogP contribution in [0.4, 0.5) is 0 Å². The van der Waals surface area contributed by atoms with Crippen molar-refractivity contribution in [2.24, 2.45) is 11.8 Å². The maximum Gasteiger partial charge on any atom is 0.0251 e. The summed E-state index contributed by atoms with van der Waals surface area (Å²) in [6.07, 6.45) is 8.46. The standard InChI is InChI=1S/C16H32N2/c1-4-10-18(12-14-7-8-14)16-11-13(3)6-9-15(16)17-5-2/h13-17H,4-12H2,1-3H3. The molecule has 2 nitrogen and oxygen atoms in total. The van der Waals surface area contributed by atoms with Crippen molar-refractivity contribution in [3.8, 4) is 0 Å². The van der Waals surface area contributed by atoms with Gasteiger partial charge >= 0.3 is 0 Å². The third-order valence-electron chi connectivity index (χ3n) is 4.71. The number of hydrogen-bond acceptors (Lipinski definition) is 2. The number of rotatable bonds is 7. The quantitative estimate of drug-likeness (QED) is 0.748. The van der Waals surface area contributed by atoms with Crippen LogP contribution in [0.1, 0.15) is 59.3 Å². The van der Waals surface area contributed by atoms with Gasteiger partial charge in [0.15, 0.2) is 0 Å². The lowest BCUT2D eigenvalue weighted by molar-refractivity contribution is 0.0968. The minimum Gasteiger partial charge on any atom is -0.313 e. The molecule has 1 N–H and O–H groups in total. The van der Waals surface area contributed by atoms with Gasteiger partial charge in [-0.1, -0.05) is 20.8 Å². The molecule has 0 bridgehead atoms. The molecule has 18 heavy (non-hydrogen) atoms. The number of nitrogens with one attached hydrogen (secondary N) is 1. The van der Waals surface area contributed by atoms with Crippen molar-refractivity contribution in [3.05, 3.63) is 0 Å². The highest BCUT2D eigenvalue weighted by atomic mass is 15.2. The zero-order valence-electron chi connectivity index (χ0n) is 12.6. The van der Waals surface area contributed by atoms with Gasteiger partial charge < -0.3 is 5.32 Å². The molecule has 0 heterocycles. The molecule has 0 aliphatic heterocycles. The van der Waals surface area contributed by atoms with E-state index in [4.69, 9.17) is 0 Å². The number of hydrogen-bond donors (Lipinski definition) is 1. The van der Waals surface area contributed by atoms with E-state index in [1.807, 2.05) is 0 Å². The second-order valence-electron chi connectivity index (χ2n) is 6.59. The third kappa shape index (κ3) is 3.96. The lowest BCUT2D eigenvalue weighted by atomic mass is 9.82. The molecule has 106 valence electrons. The minimum atomic E-state index is 0.747. The van der Waals surface area contributed by atoms with Gasteiger partial charge in [0.25, 0.3) is 0 Å². The normalized spacial score (nSPS) is 33.0. The average molecular weight is 252 g/mol. The first-order valence-corrected chi connectivity index (χ1v) is 8.22. The van der Waals surface area contributed by atoms with Gasteiger partial charge in [0, 0.05) is 18.6 Å². The van der Waals surface area contributed by atoms with Gasteiger partial charge in [0.1, 0.15) is 0 Å². The van der Waals surface area contributed by atoms with Gasteiger partial charge in [-0.25, -0.2) is 0 Å². The monoisotopic (exact) mass is 252 g/mol. The Balaban J connectivity index is 1.96. The van der Waals surface area contributed by atoms with Crippen molar-refractivity contribution in [2.75, 3.05) is 19.6 Å². The van der Waals surface area contributed by atoms with Crippen molar-refractivity contribution in [1.29, 1.82) is 0 Å². The van der Waals surface area contributed by atoms with Crippen molar-refractivity contribution < 1.29 is 0 Å². The van der Waals surface area contributed by atoms with Crippen LogP contribution < -0.4 is 5.32 Å². The Kier molecular flexibility index (Phi) is 5.50. The lowest BCUT2D eigenvalue weighted by Gasteiger charge is -2.42. The van der Waals surface area contributed by atoms with E-state index < -0.39 is 0 Å². The number of nitrogens with zero attached hydrogens (tertiary/aromatic N) is 1. The molecule has 2 saturated carbocycles. The van der Waals surface area contributed by atoms with Crippen LogP contribution in [0, 0.1) is 11.8 Å². The Bertz CT molecular complexity index is 237. The molecule has 2 heteroatoms. The summed E-state index contributed by atoms with van der Waals surface area (Å²) in [7, 11) is 0. The molecule has 2 fully saturated rings. The highest BCUT2D eigenvalue weighted by molar-refractivity contribution is 4.92. The molecule has 0 aromatic heterocycles. The van der Waals surface area contributed by atoms with Crippen LogP contribution in [0.5, 0.6) is 0 Å². The van der Waals surface area contributed by atoms with Crippen LogP contribution in [-0.2, 0) is 0 Å². The van der Waals surface area contributed by atoms with E-state index in [1.165, 1.54) is 51.6 Å². The van der Waals surface area contributed by atoms with E-state index in [1.54, 1.807) is 0 Å². The van der Waals surface area contributed by atoms with E-state index in [0.717, 1.165) is 30.5 Å². The summed E-state index contributed by atoms with van der Waals surface area (Å²) in [6.45, 7) is 10.8. The van der Waals surface area contributed by atoms with Crippen molar-refractivity contribution in [1.82, 2.24) is 10.2 Å². The molecule has 3 unspecified atom stereocenters. The first kappa shape index (κ1) is 14.3. The molecule has 0 amide bonds. The van der Waals surface area contributed by atoms with Gasteiger partial charge in [-0.15, -0.1) is 0 Å². The highest BCUT2D eigenvalue weighted by Gasteiger charge is 2.34. The van der Waals surface area contributed by atoms with Crippen LogP contribution in [0.2, 0.25) is 0 Å². The van der Waals surface area contributed by atoms with Gasteiger partial charge in [-0.3, -0.25) is 4.90 Å². The zero-order chi connectivity index (χ0) is 13.0. The van der Waals surface area contributed by atoms with E-state index in [9.17, 15) is 0 Å². The molecule has 0 aromatic carbocycles. The Hall–Kier alpha value is -0.0800. The largest absolute Gasteiger partial charge is 0.313 e. The zero-order valence-corrected chi connectivity index (χ0v) is 12.6. The Labute approximate surface area is 114 Å². The summed E-state index contributed by atoms with van der Waals surface area (Å²) in [4.78, 5) is 2.82. The van der Waals surface area contributed by atoms with Crippen LogP contribution in [-0.4, -0.2) is 36.6 Å². The van der Waals surface area contributed by atoms with Crippen LogP contribution in [0.25, 0.3) is 0 Å². The maximum atomic E-state index is 3.75. The van der Waals surface area contributed by atoms with Gasteiger partial charge in [0.2, 0.25) is 0 Å². The topological polar surface area (TPSA) is 15.3 Å². The van der Waals surface area contributed by atoms with Crippen molar-refractivity contribution in [2.45, 2.75) is 71.4 Å². The molecule has 0 aromatic rings. The fourth-order valence-electron chi connectivity index (χ4n) is 3.57. The minimum absolute atomic E-state index is 0.747. The summed E-state index contributed by atoms with van der Waals surface area (Å²) in [5, 5.41) is 3.75. The molecule has 2 aliphatic carbocycles. The summed E-state index contributed by atoms with van der Waals surface area (Å²) < 4.78 is 0.